The third kappa shape index (κ3) is 12.0. The van der Waals surface area contributed by atoms with Crippen LogP contribution in [0.1, 0.15) is 49.8 Å². The molecule has 0 spiro atoms. The maximum atomic E-state index is 14.2. The van der Waals surface area contributed by atoms with Crippen molar-refractivity contribution in [3.63, 3.8) is 0 Å². The van der Waals surface area contributed by atoms with Crippen molar-refractivity contribution in [2.75, 3.05) is 6.54 Å². The lowest BCUT2D eigenvalue weighted by atomic mass is 10.00. The van der Waals surface area contributed by atoms with Crippen LogP contribution in [0, 0.1) is 5.92 Å². The highest BCUT2D eigenvalue weighted by Gasteiger charge is 2.32. The first-order valence-corrected chi connectivity index (χ1v) is 18.0. The molecule has 13 heteroatoms. The molecule has 1 unspecified atom stereocenters. The molecule has 0 saturated heterocycles. The van der Waals surface area contributed by atoms with Crippen LogP contribution in [-0.2, 0) is 43.2 Å². The molecule has 3 aromatic carbocycles. The molecule has 1 heterocycles. The van der Waals surface area contributed by atoms with Crippen LogP contribution in [0.5, 0.6) is 5.75 Å². The summed E-state index contributed by atoms with van der Waals surface area (Å²) in [6.45, 7) is 4.00. The summed E-state index contributed by atoms with van der Waals surface area (Å²) in [7, 11) is 0. The molecule has 0 radical (unpaired) electrons. The predicted molar refractivity (Wildman–Crippen MR) is 203 cm³/mol. The van der Waals surface area contributed by atoms with Gasteiger partial charge in [-0.05, 0) is 73.0 Å². The average molecular weight is 726 g/mol. The lowest BCUT2D eigenvalue weighted by Gasteiger charge is -2.27. The largest absolute Gasteiger partial charge is 0.508 e. The van der Waals surface area contributed by atoms with Crippen LogP contribution in [0.25, 0.3) is 10.9 Å². The van der Waals surface area contributed by atoms with Crippen molar-refractivity contribution in [3.05, 3.63) is 102 Å². The third-order valence-electron chi connectivity index (χ3n) is 9.13. The fourth-order valence-corrected chi connectivity index (χ4v) is 5.98. The van der Waals surface area contributed by atoms with Crippen molar-refractivity contribution in [1.29, 1.82) is 0 Å². The van der Waals surface area contributed by atoms with E-state index >= 15 is 0 Å². The maximum absolute atomic E-state index is 14.2. The Morgan fingerprint density at radius 2 is 1.30 bits per heavy atom. The molecule has 5 atom stereocenters. The zero-order valence-corrected chi connectivity index (χ0v) is 30.2. The fraction of sp³-hybridized carbons (Fsp3) is 0.375. The van der Waals surface area contributed by atoms with Gasteiger partial charge in [-0.15, -0.1) is 0 Å². The lowest BCUT2D eigenvalue weighted by Crippen LogP contribution is -2.59. The SMILES string of the molecule is CC(C)[C@@H](C=O)NC(=O)[C@H](CCCCN)NC(=O)[C@@H](Cc1c[nH]c2ccccc12)NC(=O)[C@H](Cc1ccc(O)cc1)NC(=O)C(N)Cc1ccccc1. The summed E-state index contributed by atoms with van der Waals surface area (Å²) in [5, 5.41) is 21.9. The van der Waals surface area contributed by atoms with E-state index in [0.717, 1.165) is 22.0 Å². The fourth-order valence-electron chi connectivity index (χ4n) is 5.98. The van der Waals surface area contributed by atoms with Gasteiger partial charge in [0.2, 0.25) is 23.6 Å². The van der Waals surface area contributed by atoms with Crippen LogP contribution in [-0.4, -0.2) is 76.8 Å². The van der Waals surface area contributed by atoms with Gasteiger partial charge in [-0.25, -0.2) is 0 Å². The molecule has 4 aromatic rings. The molecule has 0 saturated carbocycles. The van der Waals surface area contributed by atoms with Crippen LogP contribution >= 0.6 is 0 Å². The minimum Gasteiger partial charge on any atom is -0.508 e. The quantitative estimate of drug-likeness (QED) is 0.0497. The van der Waals surface area contributed by atoms with E-state index in [1.165, 1.54) is 12.1 Å². The Morgan fingerprint density at radius 3 is 1.96 bits per heavy atom. The number of carbonyl (C=O) groups is 5. The van der Waals surface area contributed by atoms with E-state index < -0.39 is 53.8 Å². The van der Waals surface area contributed by atoms with E-state index in [1.807, 2.05) is 54.6 Å². The standard InChI is InChI=1S/C40H51N7O6/c1-25(2)36(24-48)47-38(51)33(14-8-9-19-41)44-40(53)35(22-28-23-43-32-13-7-6-12-30(28)32)46-39(52)34(21-27-15-17-29(49)18-16-27)45-37(50)31(42)20-26-10-4-3-5-11-26/h3-7,10-13,15-18,23-25,31,33-36,43,49H,8-9,14,19-22,41-42H2,1-2H3,(H,44,53)(H,45,50)(H,46,52)(H,47,51)/t31?,33-,34-,35+,36+/m0/s1. The molecular weight excluding hydrogens is 674 g/mol. The molecule has 13 nitrogen and oxygen atoms in total. The Hall–Kier alpha value is -5.53. The normalized spacial score (nSPS) is 14.1. The number of aldehydes is 1. The van der Waals surface area contributed by atoms with E-state index in [4.69, 9.17) is 11.5 Å². The molecule has 4 amide bonds. The Labute approximate surface area is 309 Å². The minimum absolute atomic E-state index is 0.0315. The monoisotopic (exact) mass is 725 g/mol. The van der Waals surface area contributed by atoms with Crippen LogP contribution in [0.3, 0.4) is 0 Å². The van der Waals surface area contributed by atoms with Gasteiger partial charge in [0.05, 0.1) is 12.1 Å². The van der Waals surface area contributed by atoms with E-state index in [0.29, 0.717) is 31.2 Å². The average Bonchev–Trinajstić information content (AvgIpc) is 3.56. The number of H-pyrrole nitrogens is 1. The number of rotatable bonds is 20. The summed E-state index contributed by atoms with van der Waals surface area (Å²) in [6.07, 6.45) is 4.14. The van der Waals surface area contributed by atoms with Gasteiger partial charge in [0.15, 0.2) is 0 Å². The molecule has 4 rings (SSSR count). The second kappa shape index (κ2) is 19.9. The smallest absolute Gasteiger partial charge is 0.243 e. The number of carbonyl (C=O) groups excluding carboxylic acids is 5. The molecule has 282 valence electrons. The second-order valence-corrected chi connectivity index (χ2v) is 13.6. The highest BCUT2D eigenvalue weighted by Crippen LogP contribution is 2.20. The Balaban J connectivity index is 1.62. The number of nitrogens with one attached hydrogen (secondary N) is 5. The first-order chi connectivity index (χ1) is 25.5. The molecule has 0 fully saturated rings. The van der Waals surface area contributed by atoms with Gasteiger partial charge in [-0.1, -0.05) is 74.5 Å². The molecule has 0 aliphatic carbocycles. The van der Waals surface area contributed by atoms with E-state index in [2.05, 4.69) is 26.3 Å². The summed E-state index contributed by atoms with van der Waals surface area (Å²) in [4.78, 5) is 70.1. The van der Waals surface area contributed by atoms with Crippen LogP contribution in [0.2, 0.25) is 0 Å². The number of hydrogen-bond donors (Lipinski definition) is 8. The predicted octanol–water partition coefficient (Wildman–Crippen LogP) is 2.15. The second-order valence-electron chi connectivity index (χ2n) is 13.6. The first kappa shape index (κ1) is 40.2. The number of aromatic hydroxyl groups is 1. The first-order valence-electron chi connectivity index (χ1n) is 18.0. The number of benzene rings is 3. The summed E-state index contributed by atoms with van der Waals surface area (Å²) in [5.74, 6) is -2.49. The molecule has 10 N–H and O–H groups in total. The van der Waals surface area contributed by atoms with Crippen LogP contribution < -0.4 is 32.7 Å². The van der Waals surface area contributed by atoms with Crippen molar-refractivity contribution in [1.82, 2.24) is 26.3 Å². The number of unbranched alkanes of at least 4 members (excludes halogenated alkanes) is 1. The Kier molecular flexibility index (Phi) is 15.1. The number of hydrogen-bond acceptors (Lipinski definition) is 8. The lowest BCUT2D eigenvalue weighted by molar-refractivity contribution is -0.134. The summed E-state index contributed by atoms with van der Waals surface area (Å²) in [6, 6.07) is 17.9. The number of fused-ring (bicyclic) bond motifs is 1. The van der Waals surface area contributed by atoms with E-state index in [-0.39, 0.29) is 37.4 Å². The topological polar surface area (TPSA) is 222 Å². The summed E-state index contributed by atoms with van der Waals surface area (Å²) >= 11 is 0. The molecular formula is C40H51N7O6. The molecule has 0 aliphatic heterocycles. The van der Waals surface area contributed by atoms with Crippen molar-refractivity contribution in [2.45, 2.75) is 82.6 Å². The summed E-state index contributed by atoms with van der Waals surface area (Å²) < 4.78 is 0. The van der Waals surface area contributed by atoms with Gasteiger partial charge in [0, 0.05) is 29.9 Å². The van der Waals surface area contributed by atoms with E-state index in [9.17, 15) is 29.1 Å². The number of nitrogens with two attached hydrogens (primary N) is 2. The van der Waals surface area contributed by atoms with Crippen molar-refractivity contribution in [2.24, 2.45) is 17.4 Å². The number of phenolic OH excluding ortho intramolecular Hbond substituents is 1. The van der Waals surface area contributed by atoms with Gasteiger partial charge in [-0.2, -0.15) is 0 Å². The number of amides is 4. The maximum Gasteiger partial charge on any atom is 0.243 e. The van der Waals surface area contributed by atoms with Crippen molar-refractivity contribution >= 4 is 40.8 Å². The molecule has 0 aliphatic rings. The van der Waals surface area contributed by atoms with Gasteiger partial charge in [-0.3, -0.25) is 19.2 Å². The number of phenols is 1. The van der Waals surface area contributed by atoms with Crippen molar-refractivity contribution in [3.8, 4) is 5.75 Å². The number of aromatic amines is 1. The third-order valence-corrected chi connectivity index (χ3v) is 9.13. The van der Waals surface area contributed by atoms with Crippen LogP contribution in [0.15, 0.2) is 85.1 Å². The Bertz CT molecular complexity index is 1810. The van der Waals surface area contributed by atoms with Gasteiger partial charge < -0.3 is 47.6 Å². The van der Waals surface area contributed by atoms with Gasteiger partial charge in [0.1, 0.15) is 30.2 Å². The zero-order chi connectivity index (χ0) is 38.3. The molecule has 53 heavy (non-hydrogen) atoms. The number of para-hydroxylation sites is 1. The van der Waals surface area contributed by atoms with Gasteiger partial charge in [0.25, 0.3) is 0 Å². The highest BCUT2D eigenvalue weighted by molar-refractivity contribution is 5.96. The molecule has 0 bridgehead atoms. The minimum atomic E-state index is -1.18. The molecule has 1 aromatic heterocycles. The highest BCUT2D eigenvalue weighted by atomic mass is 16.3. The number of aromatic nitrogens is 1. The van der Waals surface area contributed by atoms with Gasteiger partial charge >= 0.3 is 0 Å². The Morgan fingerprint density at radius 1 is 0.717 bits per heavy atom. The van der Waals surface area contributed by atoms with Crippen molar-refractivity contribution < 1.29 is 29.1 Å². The zero-order valence-electron chi connectivity index (χ0n) is 30.2. The summed E-state index contributed by atoms with van der Waals surface area (Å²) in [5.41, 5.74) is 15.1. The van der Waals surface area contributed by atoms with Crippen LogP contribution in [0.4, 0.5) is 0 Å². The van der Waals surface area contributed by atoms with E-state index in [1.54, 1.807) is 32.2 Å².